The van der Waals surface area contributed by atoms with E-state index in [1.165, 1.54) is 24.4 Å². The predicted molar refractivity (Wildman–Crippen MR) is 124 cm³/mol. The largest absolute Gasteiger partial charge is 0.390 e. The van der Waals surface area contributed by atoms with Gasteiger partial charge in [0.2, 0.25) is 0 Å². The third kappa shape index (κ3) is 4.43. The highest BCUT2D eigenvalue weighted by Crippen LogP contribution is 2.34. The first-order valence-electron chi connectivity index (χ1n) is 10.7. The van der Waals surface area contributed by atoms with E-state index in [-0.39, 0.29) is 21.2 Å². The Labute approximate surface area is 194 Å². The number of aliphatic hydroxyl groups is 1. The van der Waals surface area contributed by atoms with Gasteiger partial charge in [-0.3, -0.25) is 9.69 Å². The molecule has 1 aromatic carbocycles. The zero-order chi connectivity index (χ0) is 23.2. The highest BCUT2D eigenvalue weighted by Gasteiger charge is 2.37. The Morgan fingerprint density at radius 3 is 2.76 bits per heavy atom. The fraction of sp³-hybridized carbons (Fsp3) is 0.409. The molecule has 0 spiro atoms. The number of aliphatic hydroxyl groups excluding tert-OH is 1. The molecule has 4 heterocycles. The molecule has 2 saturated heterocycles. The lowest BCUT2D eigenvalue weighted by Gasteiger charge is -2.33. The predicted octanol–water partition coefficient (Wildman–Crippen LogP) is 1.58. The number of fused-ring (bicyclic) bond motifs is 1. The number of pyridine rings is 1. The first-order chi connectivity index (χ1) is 15.8. The summed E-state index contributed by atoms with van der Waals surface area (Å²) in [6.07, 6.45) is 0.891. The summed E-state index contributed by atoms with van der Waals surface area (Å²) in [4.78, 5) is 18.8. The van der Waals surface area contributed by atoms with E-state index in [1.807, 2.05) is 4.90 Å². The van der Waals surface area contributed by atoms with Crippen molar-refractivity contribution in [2.24, 2.45) is 0 Å². The van der Waals surface area contributed by atoms with Crippen molar-refractivity contribution in [2.45, 2.75) is 22.1 Å². The van der Waals surface area contributed by atoms with Crippen LogP contribution in [-0.4, -0.2) is 74.9 Å². The van der Waals surface area contributed by atoms with Gasteiger partial charge < -0.3 is 19.7 Å². The van der Waals surface area contributed by atoms with Crippen LogP contribution in [0.2, 0.25) is 0 Å². The van der Waals surface area contributed by atoms with Crippen LogP contribution >= 0.6 is 11.3 Å². The molecule has 2 N–H and O–H groups in total. The number of halogens is 1. The Balaban J connectivity index is 1.35. The first kappa shape index (κ1) is 22.5. The summed E-state index contributed by atoms with van der Waals surface area (Å²) in [5, 5.41) is 12.0. The van der Waals surface area contributed by atoms with E-state index < -0.39 is 33.1 Å². The zero-order valence-electron chi connectivity index (χ0n) is 17.7. The molecular weight excluding hydrogens is 469 g/mol. The number of rotatable bonds is 5. The maximum absolute atomic E-state index is 14.6. The van der Waals surface area contributed by atoms with Crippen LogP contribution in [0.5, 0.6) is 0 Å². The van der Waals surface area contributed by atoms with Gasteiger partial charge >= 0.3 is 0 Å². The van der Waals surface area contributed by atoms with Crippen LogP contribution in [0.25, 0.3) is 10.8 Å². The molecule has 0 amide bonds. The summed E-state index contributed by atoms with van der Waals surface area (Å²) in [5.74, 6) is -1.20. The molecule has 8 nitrogen and oxygen atoms in total. The first-order valence-corrected chi connectivity index (χ1v) is 13.2. The van der Waals surface area contributed by atoms with Crippen molar-refractivity contribution in [3.63, 3.8) is 0 Å². The van der Waals surface area contributed by atoms with Crippen molar-refractivity contribution >= 4 is 36.9 Å². The standard InChI is InChI=1S/C22H24FN3O5S2/c23-17-10-14-3-4-24-22(28)16(14)9-15(17)13-33(29,30)21-2-1-20(32-21)26-11-18(19(27)12-26)25-5-7-31-8-6-25/h1-4,9-10,18-19,27H,5-8,11-13H2,(H,24,28)/t18-,19-/m0/s1. The number of thiophene rings is 1. The van der Waals surface area contributed by atoms with Crippen molar-refractivity contribution < 1.29 is 22.7 Å². The molecule has 0 unspecified atom stereocenters. The Kier molecular flexibility index (Phi) is 6.00. The number of H-pyrrole nitrogens is 1. The summed E-state index contributed by atoms with van der Waals surface area (Å²) in [6, 6.07) is 7.29. The van der Waals surface area contributed by atoms with Crippen molar-refractivity contribution in [1.29, 1.82) is 0 Å². The van der Waals surface area contributed by atoms with Crippen LogP contribution < -0.4 is 10.5 Å². The molecule has 2 aliphatic rings. The second-order valence-electron chi connectivity index (χ2n) is 8.38. The number of hydrogen-bond acceptors (Lipinski definition) is 8. The summed E-state index contributed by atoms with van der Waals surface area (Å²) in [7, 11) is -3.82. The summed E-state index contributed by atoms with van der Waals surface area (Å²) in [6.45, 7) is 3.83. The van der Waals surface area contributed by atoms with Gasteiger partial charge in [0, 0.05) is 43.3 Å². The van der Waals surface area contributed by atoms with Gasteiger partial charge in [0.05, 0.1) is 36.1 Å². The smallest absolute Gasteiger partial charge is 0.255 e. The lowest BCUT2D eigenvalue weighted by atomic mass is 10.1. The van der Waals surface area contributed by atoms with E-state index in [1.54, 1.807) is 12.1 Å². The van der Waals surface area contributed by atoms with Crippen LogP contribution in [0.3, 0.4) is 0 Å². The van der Waals surface area contributed by atoms with Crippen LogP contribution in [0.4, 0.5) is 9.39 Å². The van der Waals surface area contributed by atoms with Gasteiger partial charge in [-0.15, -0.1) is 11.3 Å². The van der Waals surface area contributed by atoms with Gasteiger partial charge in [-0.2, -0.15) is 0 Å². The molecule has 5 rings (SSSR count). The average molecular weight is 494 g/mol. The van der Waals surface area contributed by atoms with Gasteiger partial charge in [0.25, 0.3) is 5.56 Å². The molecular formula is C22H24FN3O5S2. The number of aromatic nitrogens is 1. The third-order valence-electron chi connectivity index (χ3n) is 6.25. The number of nitrogens with one attached hydrogen (secondary N) is 1. The monoisotopic (exact) mass is 493 g/mol. The maximum Gasteiger partial charge on any atom is 0.255 e. The maximum atomic E-state index is 14.6. The Morgan fingerprint density at radius 1 is 1.18 bits per heavy atom. The molecule has 176 valence electrons. The fourth-order valence-electron chi connectivity index (χ4n) is 4.50. The van der Waals surface area contributed by atoms with Gasteiger partial charge in [-0.05, 0) is 35.7 Å². The molecule has 0 aliphatic carbocycles. The van der Waals surface area contributed by atoms with Crippen LogP contribution in [0, 0.1) is 5.82 Å². The number of aromatic amines is 1. The van der Waals surface area contributed by atoms with Gasteiger partial charge in [-0.25, -0.2) is 12.8 Å². The number of nitrogens with zero attached hydrogens (tertiary/aromatic N) is 2. The molecule has 0 bridgehead atoms. The van der Waals surface area contributed by atoms with Crippen molar-refractivity contribution in [3.05, 3.63) is 58.3 Å². The Morgan fingerprint density at radius 2 is 1.97 bits per heavy atom. The molecule has 33 heavy (non-hydrogen) atoms. The molecule has 2 aliphatic heterocycles. The summed E-state index contributed by atoms with van der Waals surface area (Å²) >= 11 is 1.11. The van der Waals surface area contributed by atoms with E-state index in [4.69, 9.17) is 4.74 Å². The lowest BCUT2D eigenvalue weighted by Crippen LogP contribution is -2.48. The van der Waals surface area contributed by atoms with Crippen LogP contribution in [-0.2, 0) is 20.3 Å². The molecule has 2 aromatic heterocycles. The number of ether oxygens (including phenoxy) is 1. The Hall–Kier alpha value is -2.31. The minimum absolute atomic E-state index is 0.0270. The number of hydrogen-bond donors (Lipinski definition) is 2. The molecule has 2 fully saturated rings. The number of anilines is 1. The van der Waals surface area contributed by atoms with Crippen molar-refractivity contribution in [2.75, 3.05) is 44.3 Å². The second-order valence-corrected chi connectivity index (χ2v) is 11.7. The summed E-state index contributed by atoms with van der Waals surface area (Å²) < 4.78 is 46.2. The highest BCUT2D eigenvalue weighted by atomic mass is 32.2. The van der Waals surface area contributed by atoms with Gasteiger partial charge in [0.1, 0.15) is 10.0 Å². The summed E-state index contributed by atoms with van der Waals surface area (Å²) in [5.41, 5.74) is -0.440. The molecule has 2 atom stereocenters. The topological polar surface area (TPSA) is 103 Å². The van der Waals surface area contributed by atoms with Gasteiger partial charge in [-0.1, -0.05) is 0 Å². The normalized spacial score (nSPS) is 22.3. The van der Waals surface area contributed by atoms with Crippen LogP contribution in [0.15, 0.2) is 45.5 Å². The van der Waals surface area contributed by atoms with Crippen molar-refractivity contribution in [1.82, 2.24) is 9.88 Å². The second kappa shape index (κ2) is 8.80. The average Bonchev–Trinajstić information content (AvgIpc) is 3.43. The van der Waals surface area contributed by atoms with Crippen molar-refractivity contribution in [3.8, 4) is 0 Å². The number of benzene rings is 1. The minimum Gasteiger partial charge on any atom is -0.390 e. The minimum atomic E-state index is -3.82. The number of β-amino-alcohol motifs (C(OH)–C–C–N with tert-alkyl or cyclic N) is 1. The van der Waals surface area contributed by atoms with E-state index in [0.717, 1.165) is 29.4 Å². The number of sulfone groups is 1. The molecule has 0 radical (unpaired) electrons. The molecule has 11 heteroatoms. The van der Waals surface area contributed by atoms with E-state index in [2.05, 4.69) is 9.88 Å². The third-order valence-corrected chi connectivity index (χ3v) is 9.64. The Bertz CT molecular complexity index is 1330. The zero-order valence-corrected chi connectivity index (χ0v) is 19.4. The van der Waals surface area contributed by atoms with E-state index >= 15 is 0 Å². The lowest BCUT2D eigenvalue weighted by molar-refractivity contribution is -0.00588. The van der Waals surface area contributed by atoms with Gasteiger partial charge in [0.15, 0.2) is 9.84 Å². The molecule has 3 aromatic rings. The highest BCUT2D eigenvalue weighted by molar-refractivity contribution is 7.92. The SMILES string of the molecule is O=c1[nH]ccc2cc(F)c(CS(=O)(=O)c3ccc(N4C[C@H](O)[C@@H](N5CCOCC5)C4)s3)cc12. The quantitative estimate of drug-likeness (QED) is 0.556. The van der Waals surface area contributed by atoms with E-state index in [9.17, 15) is 22.7 Å². The fourth-order valence-corrected chi connectivity index (χ4v) is 7.25. The van der Waals surface area contributed by atoms with E-state index in [0.29, 0.717) is 31.7 Å². The number of morpholine rings is 1. The molecule has 0 saturated carbocycles. The van der Waals surface area contributed by atoms with Crippen LogP contribution in [0.1, 0.15) is 5.56 Å².